The van der Waals surface area contributed by atoms with Crippen molar-refractivity contribution in [2.75, 3.05) is 20.1 Å². The van der Waals surface area contributed by atoms with Gasteiger partial charge in [-0.25, -0.2) is 4.98 Å². The fraction of sp³-hybridized carbons (Fsp3) is 0.350. The predicted octanol–water partition coefficient (Wildman–Crippen LogP) is 4.50. The number of ether oxygens (including phenoxy) is 1. The quantitative estimate of drug-likeness (QED) is 0.700. The topological polar surface area (TPSA) is 25.4 Å². The first-order valence-corrected chi connectivity index (χ1v) is 9.35. The van der Waals surface area contributed by atoms with Gasteiger partial charge in [0.25, 0.3) is 0 Å². The lowest BCUT2D eigenvalue weighted by Crippen LogP contribution is -2.35. The largest absolute Gasteiger partial charge is 0.363 e. The smallest absolute Gasteiger partial charge is 0.134 e. The highest BCUT2D eigenvalue weighted by Crippen LogP contribution is 2.34. The lowest BCUT2D eigenvalue weighted by atomic mass is 10.1. The number of benzene rings is 2. The molecule has 0 spiro atoms. The third kappa shape index (κ3) is 3.36. The molecule has 2 heterocycles. The van der Waals surface area contributed by atoms with E-state index >= 15 is 0 Å². The van der Waals surface area contributed by atoms with Crippen molar-refractivity contribution in [2.24, 2.45) is 0 Å². The molecule has 3 aromatic rings. The number of thiazole rings is 1. The summed E-state index contributed by atoms with van der Waals surface area (Å²) in [6.07, 6.45) is 2.41. The van der Waals surface area contributed by atoms with E-state index in [4.69, 9.17) is 9.72 Å². The Morgan fingerprint density at radius 3 is 2.50 bits per heavy atom. The Balaban J connectivity index is 1.65. The molecular weight excluding hydrogens is 316 g/mol. The van der Waals surface area contributed by atoms with Gasteiger partial charge in [-0.1, -0.05) is 42.5 Å². The lowest BCUT2D eigenvalue weighted by Gasteiger charge is -2.31. The van der Waals surface area contributed by atoms with Crippen LogP contribution in [0.1, 0.15) is 29.5 Å². The molecule has 1 fully saturated rings. The molecule has 0 aliphatic carbocycles. The normalized spacial score (nSPS) is 18.0. The Bertz CT molecular complexity index is 761. The van der Waals surface area contributed by atoms with Crippen LogP contribution in [0.4, 0.5) is 0 Å². The van der Waals surface area contributed by atoms with Crippen molar-refractivity contribution >= 4 is 21.6 Å². The molecule has 0 radical (unpaired) electrons. The molecule has 3 nitrogen and oxygen atoms in total. The lowest BCUT2D eigenvalue weighted by molar-refractivity contribution is -0.0234. The van der Waals surface area contributed by atoms with E-state index in [1.807, 2.05) is 6.07 Å². The van der Waals surface area contributed by atoms with Crippen LogP contribution in [0.2, 0.25) is 0 Å². The minimum Gasteiger partial charge on any atom is -0.363 e. The SMILES string of the molecule is CN1CCC(OC(c2ccccc2)c2nc3ccccc3s2)CC1. The number of likely N-dealkylation sites (tertiary alicyclic amines) is 1. The summed E-state index contributed by atoms with van der Waals surface area (Å²) in [5.74, 6) is 0. The first kappa shape index (κ1) is 15.8. The summed E-state index contributed by atoms with van der Waals surface area (Å²) in [6.45, 7) is 2.21. The Hall–Kier alpha value is -1.75. The summed E-state index contributed by atoms with van der Waals surface area (Å²) in [6, 6.07) is 18.8. The second kappa shape index (κ2) is 7.01. The molecule has 1 saturated heterocycles. The molecule has 0 saturated carbocycles. The van der Waals surface area contributed by atoms with Crippen LogP contribution in [0.5, 0.6) is 0 Å². The van der Waals surface area contributed by atoms with E-state index in [-0.39, 0.29) is 6.10 Å². The van der Waals surface area contributed by atoms with Crippen LogP contribution in [0.15, 0.2) is 54.6 Å². The molecule has 4 rings (SSSR count). The van der Waals surface area contributed by atoms with Crippen molar-refractivity contribution in [3.05, 3.63) is 65.2 Å². The maximum absolute atomic E-state index is 6.56. The van der Waals surface area contributed by atoms with Crippen LogP contribution in [0.3, 0.4) is 0 Å². The average molecular weight is 338 g/mol. The molecule has 124 valence electrons. The van der Waals surface area contributed by atoms with Gasteiger partial charge in [0.15, 0.2) is 0 Å². The summed E-state index contributed by atoms with van der Waals surface area (Å²) in [5.41, 5.74) is 2.25. The number of para-hydroxylation sites is 1. The summed E-state index contributed by atoms with van der Waals surface area (Å²) >= 11 is 1.74. The van der Waals surface area contributed by atoms with Crippen LogP contribution < -0.4 is 0 Å². The Morgan fingerprint density at radius 2 is 1.75 bits per heavy atom. The number of fused-ring (bicyclic) bond motifs is 1. The minimum absolute atomic E-state index is 0.0722. The summed E-state index contributed by atoms with van der Waals surface area (Å²) < 4.78 is 7.79. The first-order chi connectivity index (χ1) is 11.8. The molecule has 1 unspecified atom stereocenters. The number of hydrogen-bond acceptors (Lipinski definition) is 4. The van der Waals surface area contributed by atoms with Crippen LogP contribution >= 0.6 is 11.3 Å². The second-order valence-electron chi connectivity index (χ2n) is 6.45. The zero-order valence-corrected chi connectivity index (χ0v) is 14.7. The van der Waals surface area contributed by atoms with E-state index in [1.54, 1.807) is 11.3 Å². The van der Waals surface area contributed by atoms with E-state index in [0.29, 0.717) is 6.10 Å². The number of hydrogen-bond donors (Lipinski definition) is 0. The molecule has 2 aromatic carbocycles. The van der Waals surface area contributed by atoms with Crippen molar-refractivity contribution in [3.8, 4) is 0 Å². The molecule has 24 heavy (non-hydrogen) atoms. The third-order valence-corrected chi connectivity index (χ3v) is 5.71. The summed E-state index contributed by atoms with van der Waals surface area (Å²) in [7, 11) is 2.18. The van der Waals surface area contributed by atoms with E-state index in [1.165, 1.54) is 10.3 Å². The van der Waals surface area contributed by atoms with E-state index < -0.39 is 0 Å². The van der Waals surface area contributed by atoms with E-state index in [2.05, 4.69) is 60.5 Å². The summed E-state index contributed by atoms with van der Waals surface area (Å²) in [4.78, 5) is 7.22. The summed E-state index contributed by atoms with van der Waals surface area (Å²) in [5, 5.41) is 1.06. The number of piperidine rings is 1. The molecule has 0 bridgehead atoms. The number of rotatable bonds is 4. The van der Waals surface area contributed by atoms with E-state index in [9.17, 15) is 0 Å². The molecule has 1 aliphatic heterocycles. The molecule has 0 N–H and O–H groups in total. The Labute approximate surface area is 146 Å². The molecule has 0 amide bonds. The van der Waals surface area contributed by atoms with Crippen molar-refractivity contribution in [1.82, 2.24) is 9.88 Å². The first-order valence-electron chi connectivity index (χ1n) is 8.54. The van der Waals surface area contributed by atoms with Crippen LogP contribution in [-0.2, 0) is 4.74 Å². The zero-order chi connectivity index (χ0) is 16.4. The number of nitrogens with zero attached hydrogens (tertiary/aromatic N) is 2. The maximum Gasteiger partial charge on any atom is 0.134 e. The van der Waals surface area contributed by atoms with Crippen molar-refractivity contribution < 1.29 is 4.74 Å². The van der Waals surface area contributed by atoms with Gasteiger partial charge in [0.1, 0.15) is 11.1 Å². The van der Waals surface area contributed by atoms with Crippen LogP contribution in [0, 0.1) is 0 Å². The van der Waals surface area contributed by atoms with E-state index in [0.717, 1.165) is 36.5 Å². The van der Waals surface area contributed by atoms with Crippen molar-refractivity contribution in [1.29, 1.82) is 0 Å². The fourth-order valence-electron chi connectivity index (χ4n) is 3.22. The van der Waals surface area contributed by atoms with Crippen molar-refractivity contribution in [3.63, 3.8) is 0 Å². The number of aromatic nitrogens is 1. The second-order valence-corrected chi connectivity index (χ2v) is 7.51. The van der Waals surface area contributed by atoms with Crippen LogP contribution in [-0.4, -0.2) is 36.1 Å². The van der Waals surface area contributed by atoms with Gasteiger partial charge < -0.3 is 9.64 Å². The molecule has 4 heteroatoms. The van der Waals surface area contributed by atoms with Gasteiger partial charge in [-0.15, -0.1) is 11.3 Å². The highest BCUT2D eigenvalue weighted by Gasteiger charge is 2.25. The fourth-order valence-corrected chi connectivity index (χ4v) is 4.26. The minimum atomic E-state index is -0.0722. The van der Waals surface area contributed by atoms with Crippen molar-refractivity contribution in [2.45, 2.75) is 25.0 Å². The highest BCUT2D eigenvalue weighted by molar-refractivity contribution is 7.18. The standard InChI is InChI=1S/C20H22N2OS/c1-22-13-11-16(12-14-22)23-19(15-7-3-2-4-8-15)20-21-17-9-5-6-10-18(17)24-20/h2-10,16,19H,11-14H2,1H3. The predicted molar refractivity (Wildman–Crippen MR) is 99.5 cm³/mol. The maximum atomic E-state index is 6.56. The Kier molecular flexibility index (Phi) is 4.60. The monoisotopic (exact) mass is 338 g/mol. The highest BCUT2D eigenvalue weighted by atomic mass is 32.1. The van der Waals surface area contributed by atoms with Gasteiger partial charge in [0.05, 0.1) is 16.3 Å². The van der Waals surface area contributed by atoms with Gasteiger partial charge in [0, 0.05) is 13.1 Å². The van der Waals surface area contributed by atoms with Gasteiger partial charge in [-0.05, 0) is 37.6 Å². The molecular formula is C20H22N2OS. The van der Waals surface area contributed by atoms with Gasteiger partial charge in [0.2, 0.25) is 0 Å². The molecule has 1 atom stereocenters. The zero-order valence-electron chi connectivity index (χ0n) is 13.9. The third-order valence-electron chi connectivity index (χ3n) is 4.63. The molecule has 1 aromatic heterocycles. The van der Waals surface area contributed by atoms with Gasteiger partial charge >= 0.3 is 0 Å². The van der Waals surface area contributed by atoms with Gasteiger partial charge in [-0.2, -0.15) is 0 Å². The van der Waals surface area contributed by atoms with Crippen LogP contribution in [0.25, 0.3) is 10.2 Å². The Morgan fingerprint density at radius 1 is 1.04 bits per heavy atom. The average Bonchev–Trinajstić information content (AvgIpc) is 3.06. The molecule has 1 aliphatic rings. The van der Waals surface area contributed by atoms with Gasteiger partial charge in [-0.3, -0.25) is 0 Å².